The molecule has 5 nitrogen and oxygen atoms in total. The highest BCUT2D eigenvalue weighted by Crippen LogP contribution is 2.30. The number of nitriles is 1. The van der Waals surface area contributed by atoms with Gasteiger partial charge in [-0.15, -0.1) is 0 Å². The molecule has 0 radical (unpaired) electrons. The van der Waals surface area contributed by atoms with Gasteiger partial charge in [0, 0.05) is 12.3 Å². The third-order valence-corrected chi connectivity index (χ3v) is 2.65. The van der Waals surface area contributed by atoms with E-state index in [-0.39, 0.29) is 5.88 Å². The van der Waals surface area contributed by atoms with Gasteiger partial charge in [-0.05, 0) is 30.7 Å². The van der Waals surface area contributed by atoms with Crippen LogP contribution in [0.5, 0.6) is 17.4 Å². The topological polar surface area (TPSA) is 81.2 Å². The smallest absolute Gasteiger partial charge is 0.237 e. The fraction of sp³-hybridized carbons (Fsp3) is 0.143. The van der Waals surface area contributed by atoms with Crippen LogP contribution in [-0.2, 0) is 0 Å². The van der Waals surface area contributed by atoms with E-state index in [1.807, 2.05) is 6.92 Å². The summed E-state index contributed by atoms with van der Waals surface area (Å²) in [7, 11) is 1.54. The molecule has 0 saturated carbocycles. The standard InChI is InChI=1S/C14H13N3O2/c1-9-5-6-17-14(11(9)8-15)19-10-3-4-13(18-2)12(16)7-10/h3-7H,16H2,1-2H3. The van der Waals surface area contributed by atoms with Crippen molar-refractivity contribution >= 4 is 5.69 Å². The third-order valence-electron chi connectivity index (χ3n) is 2.65. The number of ether oxygens (including phenoxy) is 2. The first-order valence-electron chi connectivity index (χ1n) is 5.62. The molecular weight excluding hydrogens is 242 g/mol. The summed E-state index contributed by atoms with van der Waals surface area (Å²) >= 11 is 0. The van der Waals surface area contributed by atoms with E-state index in [0.29, 0.717) is 22.7 Å². The van der Waals surface area contributed by atoms with Gasteiger partial charge in [0.05, 0.1) is 12.8 Å². The van der Waals surface area contributed by atoms with Gasteiger partial charge >= 0.3 is 0 Å². The molecule has 2 N–H and O–H groups in total. The summed E-state index contributed by atoms with van der Waals surface area (Å²) in [5.41, 5.74) is 7.49. The summed E-state index contributed by atoms with van der Waals surface area (Å²) in [4.78, 5) is 4.06. The van der Waals surface area contributed by atoms with Crippen molar-refractivity contribution in [2.75, 3.05) is 12.8 Å². The zero-order chi connectivity index (χ0) is 13.8. The van der Waals surface area contributed by atoms with E-state index < -0.39 is 0 Å². The van der Waals surface area contributed by atoms with Crippen molar-refractivity contribution < 1.29 is 9.47 Å². The van der Waals surface area contributed by atoms with Gasteiger partial charge in [0.15, 0.2) is 0 Å². The molecule has 1 aromatic heterocycles. The zero-order valence-corrected chi connectivity index (χ0v) is 10.7. The Labute approximate surface area is 111 Å². The minimum absolute atomic E-state index is 0.270. The molecule has 1 heterocycles. The predicted octanol–water partition coefficient (Wildman–Crippen LogP) is 2.64. The minimum Gasteiger partial charge on any atom is -0.495 e. The van der Waals surface area contributed by atoms with E-state index in [0.717, 1.165) is 5.56 Å². The van der Waals surface area contributed by atoms with Crippen molar-refractivity contribution in [3.8, 4) is 23.4 Å². The number of rotatable bonds is 3. The van der Waals surface area contributed by atoms with Gasteiger partial charge < -0.3 is 15.2 Å². The molecular formula is C14H13N3O2. The summed E-state index contributed by atoms with van der Waals surface area (Å²) in [5.74, 6) is 1.35. The molecule has 96 valence electrons. The maximum atomic E-state index is 9.10. The highest BCUT2D eigenvalue weighted by atomic mass is 16.5. The Morgan fingerprint density at radius 3 is 2.74 bits per heavy atom. The summed E-state index contributed by atoms with van der Waals surface area (Å²) in [6.07, 6.45) is 1.60. The van der Waals surface area contributed by atoms with E-state index in [4.69, 9.17) is 20.5 Å². The molecule has 0 aliphatic heterocycles. The largest absolute Gasteiger partial charge is 0.495 e. The molecule has 2 aromatic rings. The van der Waals surface area contributed by atoms with Crippen LogP contribution in [0.15, 0.2) is 30.5 Å². The van der Waals surface area contributed by atoms with Gasteiger partial charge in [-0.1, -0.05) is 0 Å². The molecule has 0 spiro atoms. The molecule has 0 atom stereocenters. The monoisotopic (exact) mass is 255 g/mol. The van der Waals surface area contributed by atoms with E-state index in [1.54, 1.807) is 37.6 Å². The Bertz CT molecular complexity index is 648. The fourth-order valence-electron chi connectivity index (χ4n) is 1.63. The summed E-state index contributed by atoms with van der Waals surface area (Å²) in [5, 5.41) is 9.10. The first-order valence-corrected chi connectivity index (χ1v) is 5.62. The Morgan fingerprint density at radius 1 is 1.32 bits per heavy atom. The summed E-state index contributed by atoms with van der Waals surface area (Å²) < 4.78 is 10.7. The van der Waals surface area contributed by atoms with Crippen LogP contribution in [0.3, 0.4) is 0 Å². The maximum absolute atomic E-state index is 9.10. The summed E-state index contributed by atoms with van der Waals surface area (Å²) in [6, 6.07) is 8.87. The number of nitrogens with two attached hydrogens (primary N) is 1. The van der Waals surface area contributed by atoms with Crippen molar-refractivity contribution in [2.24, 2.45) is 0 Å². The van der Waals surface area contributed by atoms with Gasteiger partial charge in [0.25, 0.3) is 0 Å². The number of aromatic nitrogens is 1. The van der Waals surface area contributed by atoms with Gasteiger partial charge in [0.1, 0.15) is 23.1 Å². The average molecular weight is 255 g/mol. The number of hydrogen-bond donors (Lipinski definition) is 1. The van der Waals surface area contributed by atoms with Crippen LogP contribution in [0.4, 0.5) is 5.69 Å². The van der Waals surface area contributed by atoms with E-state index >= 15 is 0 Å². The normalized spacial score (nSPS) is 9.74. The second kappa shape index (κ2) is 5.27. The first-order chi connectivity index (χ1) is 9.15. The second-order valence-electron chi connectivity index (χ2n) is 3.93. The third kappa shape index (κ3) is 2.58. The highest BCUT2D eigenvalue weighted by Gasteiger charge is 2.10. The lowest BCUT2D eigenvalue weighted by atomic mass is 10.2. The Hall–Kier alpha value is -2.74. The van der Waals surface area contributed by atoms with Gasteiger partial charge in [0.2, 0.25) is 5.88 Å². The van der Waals surface area contributed by atoms with Crippen molar-refractivity contribution in [3.63, 3.8) is 0 Å². The molecule has 2 rings (SSSR count). The van der Waals surface area contributed by atoms with Crippen LogP contribution >= 0.6 is 0 Å². The molecule has 0 aliphatic rings. The SMILES string of the molecule is COc1ccc(Oc2nccc(C)c2C#N)cc1N. The quantitative estimate of drug-likeness (QED) is 0.852. The number of aryl methyl sites for hydroxylation is 1. The van der Waals surface area contributed by atoms with Gasteiger partial charge in [-0.25, -0.2) is 4.98 Å². The second-order valence-corrected chi connectivity index (χ2v) is 3.93. The van der Waals surface area contributed by atoms with Crippen molar-refractivity contribution in [2.45, 2.75) is 6.92 Å². The van der Waals surface area contributed by atoms with E-state index in [1.165, 1.54) is 0 Å². The molecule has 0 bridgehead atoms. The Kier molecular flexibility index (Phi) is 3.53. The van der Waals surface area contributed by atoms with Crippen LogP contribution in [0.2, 0.25) is 0 Å². The Balaban J connectivity index is 2.34. The van der Waals surface area contributed by atoms with Crippen molar-refractivity contribution in [1.82, 2.24) is 4.98 Å². The Morgan fingerprint density at radius 2 is 2.11 bits per heavy atom. The van der Waals surface area contributed by atoms with Crippen molar-refractivity contribution in [3.05, 3.63) is 41.6 Å². The fourth-order valence-corrected chi connectivity index (χ4v) is 1.63. The maximum Gasteiger partial charge on any atom is 0.237 e. The molecule has 0 saturated heterocycles. The van der Waals surface area contributed by atoms with Gasteiger partial charge in [-0.3, -0.25) is 0 Å². The van der Waals surface area contributed by atoms with Crippen LogP contribution in [-0.4, -0.2) is 12.1 Å². The number of hydrogen-bond acceptors (Lipinski definition) is 5. The van der Waals surface area contributed by atoms with Crippen LogP contribution in [0.25, 0.3) is 0 Å². The molecule has 5 heteroatoms. The number of methoxy groups -OCH3 is 1. The average Bonchev–Trinajstić information content (AvgIpc) is 2.39. The molecule has 0 unspecified atom stereocenters. The highest BCUT2D eigenvalue weighted by molar-refractivity contribution is 5.57. The number of pyridine rings is 1. The van der Waals surface area contributed by atoms with Crippen LogP contribution < -0.4 is 15.2 Å². The molecule has 1 aromatic carbocycles. The van der Waals surface area contributed by atoms with Crippen molar-refractivity contribution in [1.29, 1.82) is 5.26 Å². The number of anilines is 1. The minimum atomic E-state index is 0.270. The molecule has 0 fully saturated rings. The lowest BCUT2D eigenvalue weighted by Crippen LogP contribution is -1.96. The number of nitrogen functional groups attached to an aromatic ring is 1. The predicted molar refractivity (Wildman–Crippen MR) is 71.2 cm³/mol. The molecule has 0 aliphatic carbocycles. The summed E-state index contributed by atoms with van der Waals surface area (Å²) in [6.45, 7) is 1.83. The molecule has 0 amide bonds. The zero-order valence-electron chi connectivity index (χ0n) is 10.7. The van der Waals surface area contributed by atoms with Crippen LogP contribution in [0, 0.1) is 18.3 Å². The lowest BCUT2D eigenvalue weighted by molar-refractivity contribution is 0.414. The number of nitrogens with zero attached hydrogens (tertiary/aromatic N) is 2. The molecule has 19 heavy (non-hydrogen) atoms. The number of benzene rings is 1. The first kappa shape index (κ1) is 12.7. The lowest BCUT2D eigenvalue weighted by Gasteiger charge is -2.09. The van der Waals surface area contributed by atoms with Crippen LogP contribution in [0.1, 0.15) is 11.1 Å². The van der Waals surface area contributed by atoms with E-state index in [2.05, 4.69) is 11.1 Å². The van der Waals surface area contributed by atoms with E-state index in [9.17, 15) is 0 Å². The van der Waals surface area contributed by atoms with Gasteiger partial charge in [-0.2, -0.15) is 5.26 Å².